The predicted octanol–water partition coefficient (Wildman–Crippen LogP) is 6.09. The van der Waals surface area contributed by atoms with Crippen LogP contribution >= 0.6 is 23.1 Å². The number of benzene rings is 3. The van der Waals surface area contributed by atoms with Crippen molar-refractivity contribution in [3.8, 4) is 0 Å². The van der Waals surface area contributed by atoms with Crippen molar-refractivity contribution in [2.24, 2.45) is 0 Å². The van der Waals surface area contributed by atoms with Crippen LogP contribution in [0.3, 0.4) is 0 Å². The molecule has 1 aliphatic rings. The van der Waals surface area contributed by atoms with Gasteiger partial charge in [-0.25, -0.2) is 4.79 Å². The summed E-state index contributed by atoms with van der Waals surface area (Å²) < 4.78 is 5.08. The summed E-state index contributed by atoms with van der Waals surface area (Å²) >= 11 is 2.65. The SMILES string of the molecule is COC(=O)c1c(NC(=O)C(Sc2cccc(NC(=O)Cc3ccccc3)c2)c2ccccc2)sc2c1CCN(C(C)=O)C2. The van der Waals surface area contributed by atoms with Gasteiger partial charge in [-0.2, -0.15) is 0 Å². The minimum Gasteiger partial charge on any atom is -0.465 e. The van der Waals surface area contributed by atoms with Gasteiger partial charge in [0, 0.05) is 28.9 Å². The van der Waals surface area contributed by atoms with Crippen molar-refractivity contribution in [2.75, 3.05) is 24.3 Å². The molecule has 0 spiro atoms. The summed E-state index contributed by atoms with van der Waals surface area (Å²) in [6.45, 7) is 2.40. The van der Waals surface area contributed by atoms with Gasteiger partial charge in [-0.05, 0) is 41.3 Å². The monoisotopic (exact) mass is 613 g/mol. The van der Waals surface area contributed by atoms with Gasteiger partial charge in [-0.15, -0.1) is 23.1 Å². The molecule has 0 fully saturated rings. The molecule has 0 radical (unpaired) electrons. The van der Waals surface area contributed by atoms with E-state index < -0.39 is 11.2 Å². The lowest BCUT2D eigenvalue weighted by molar-refractivity contribution is -0.129. The van der Waals surface area contributed by atoms with E-state index in [0.717, 1.165) is 26.5 Å². The van der Waals surface area contributed by atoms with Gasteiger partial charge in [0.1, 0.15) is 10.3 Å². The Morgan fingerprint density at radius 2 is 1.67 bits per heavy atom. The molecule has 10 heteroatoms. The summed E-state index contributed by atoms with van der Waals surface area (Å²) in [5.41, 5.74) is 3.49. The van der Waals surface area contributed by atoms with E-state index >= 15 is 0 Å². The molecule has 3 amide bonds. The average molecular weight is 614 g/mol. The van der Waals surface area contributed by atoms with Crippen molar-refractivity contribution in [2.45, 2.75) is 36.5 Å². The van der Waals surface area contributed by atoms with E-state index in [0.29, 0.717) is 35.8 Å². The second kappa shape index (κ2) is 13.7. The zero-order chi connectivity index (χ0) is 30.3. The Labute approximate surface area is 258 Å². The molecule has 43 heavy (non-hydrogen) atoms. The first-order valence-corrected chi connectivity index (χ1v) is 15.5. The first-order chi connectivity index (χ1) is 20.8. The summed E-state index contributed by atoms with van der Waals surface area (Å²) in [6, 6.07) is 26.3. The summed E-state index contributed by atoms with van der Waals surface area (Å²) in [5.74, 6) is -0.997. The predicted molar refractivity (Wildman–Crippen MR) is 169 cm³/mol. The number of thioether (sulfide) groups is 1. The van der Waals surface area contributed by atoms with Gasteiger partial charge in [0.2, 0.25) is 17.7 Å². The van der Waals surface area contributed by atoms with Crippen LogP contribution in [0, 0.1) is 0 Å². The molecule has 1 aromatic heterocycles. The molecule has 2 heterocycles. The first kappa shape index (κ1) is 30.1. The molecule has 8 nitrogen and oxygen atoms in total. The molecule has 220 valence electrons. The van der Waals surface area contributed by atoms with Crippen LogP contribution in [0.1, 0.15) is 44.1 Å². The van der Waals surface area contributed by atoms with E-state index in [4.69, 9.17) is 4.74 Å². The van der Waals surface area contributed by atoms with E-state index in [2.05, 4.69) is 10.6 Å². The number of anilines is 2. The zero-order valence-electron chi connectivity index (χ0n) is 23.8. The van der Waals surface area contributed by atoms with Crippen molar-refractivity contribution in [3.05, 3.63) is 112 Å². The van der Waals surface area contributed by atoms with Crippen LogP contribution in [0.4, 0.5) is 10.7 Å². The third-order valence-electron chi connectivity index (χ3n) is 7.05. The molecule has 4 aromatic rings. The van der Waals surface area contributed by atoms with Crippen LogP contribution in [-0.4, -0.2) is 42.2 Å². The molecular formula is C33H31N3O5S2. The minimum atomic E-state index is -0.658. The molecule has 2 N–H and O–H groups in total. The van der Waals surface area contributed by atoms with Gasteiger partial charge in [0.25, 0.3) is 0 Å². The summed E-state index contributed by atoms with van der Waals surface area (Å²) in [4.78, 5) is 54.8. The number of hydrogen-bond donors (Lipinski definition) is 2. The number of carbonyl (C=O) groups excluding carboxylic acids is 4. The van der Waals surface area contributed by atoms with Crippen LogP contribution in [0.2, 0.25) is 0 Å². The lowest BCUT2D eigenvalue weighted by Crippen LogP contribution is -2.33. The van der Waals surface area contributed by atoms with Gasteiger partial charge in [-0.1, -0.05) is 66.7 Å². The highest BCUT2D eigenvalue weighted by molar-refractivity contribution is 8.00. The topological polar surface area (TPSA) is 105 Å². The number of ether oxygens (including phenoxy) is 1. The van der Waals surface area contributed by atoms with Crippen molar-refractivity contribution >= 4 is 57.5 Å². The Hall–Kier alpha value is -4.41. The Morgan fingerprint density at radius 3 is 2.37 bits per heavy atom. The molecule has 0 saturated heterocycles. The number of nitrogens with zero attached hydrogens (tertiary/aromatic N) is 1. The molecule has 0 aliphatic carbocycles. The first-order valence-electron chi connectivity index (χ1n) is 13.8. The molecule has 1 unspecified atom stereocenters. The fraction of sp³-hybridized carbons (Fsp3) is 0.212. The maximum atomic E-state index is 13.9. The van der Waals surface area contributed by atoms with Crippen molar-refractivity contribution in [3.63, 3.8) is 0 Å². The fourth-order valence-corrected chi connectivity index (χ4v) is 7.26. The lowest BCUT2D eigenvalue weighted by atomic mass is 10.0. The number of esters is 1. The lowest BCUT2D eigenvalue weighted by Gasteiger charge is -2.25. The Kier molecular flexibility index (Phi) is 9.58. The number of methoxy groups -OCH3 is 1. The zero-order valence-corrected chi connectivity index (χ0v) is 25.4. The van der Waals surface area contributed by atoms with Gasteiger partial charge >= 0.3 is 5.97 Å². The third-order valence-corrected chi connectivity index (χ3v) is 9.43. The second-order valence-corrected chi connectivity index (χ2v) is 12.3. The molecule has 1 aliphatic heterocycles. The van der Waals surface area contributed by atoms with E-state index in [-0.39, 0.29) is 24.1 Å². The molecule has 5 rings (SSSR count). The smallest absolute Gasteiger partial charge is 0.341 e. The van der Waals surface area contributed by atoms with Crippen LogP contribution in [0.15, 0.2) is 89.8 Å². The number of thiophene rings is 1. The Balaban J connectivity index is 1.38. The van der Waals surface area contributed by atoms with Gasteiger partial charge in [0.15, 0.2) is 0 Å². The normalized spacial score (nSPS) is 13.0. The van der Waals surface area contributed by atoms with Crippen LogP contribution < -0.4 is 10.6 Å². The van der Waals surface area contributed by atoms with Crippen LogP contribution in [0.25, 0.3) is 0 Å². The standard InChI is InChI=1S/C33H31N3O5S2/c1-21(37)36-17-16-26-27(20-36)43-32(29(26)33(40)41-2)35-31(39)30(23-12-7-4-8-13-23)42-25-15-9-14-24(19-25)34-28(38)18-22-10-5-3-6-11-22/h3-15,19,30H,16-18,20H2,1-2H3,(H,34,38)(H,35,39). The maximum absolute atomic E-state index is 13.9. The second-order valence-electron chi connectivity index (χ2n) is 10.0. The highest BCUT2D eigenvalue weighted by Crippen LogP contribution is 2.41. The molecule has 0 bridgehead atoms. The van der Waals surface area contributed by atoms with Crippen molar-refractivity contribution in [1.29, 1.82) is 0 Å². The van der Waals surface area contributed by atoms with Crippen LogP contribution in [0.5, 0.6) is 0 Å². The average Bonchev–Trinajstić information content (AvgIpc) is 3.37. The Bertz CT molecular complexity index is 1640. The van der Waals surface area contributed by atoms with Gasteiger partial charge in [0.05, 0.1) is 25.6 Å². The molecular weight excluding hydrogens is 583 g/mol. The maximum Gasteiger partial charge on any atom is 0.341 e. The number of carbonyl (C=O) groups is 4. The van der Waals surface area contributed by atoms with Crippen molar-refractivity contribution < 1.29 is 23.9 Å². The summed E-state index contributed by atoms with van der Waals surface area (Å²) in [7, 11) is 1.32. The van der Waals surface area contributed by atoms with E-state index in [9.17, 15) is 19.2 Å². The number of amides is 3. The van der Waals surface area contributed by atoms with E-state index in [1.54, 1.807) is 4.90 Å². The number of nitrogens with one attached hydrogen (secondary N) is 2. The van der Waals surface area contributed by atoms with E-state index in [1.165, 1.54) is 37.1 Å². The summed E-state index contributed by atoms with van der Waals surface area (Å²) in [6.07, 6.45) is 0.760. The molecule has 1 atom stereocenters. The van der Waals surface area contributed by atoms with E-state index in [1.807, 2.05) is 84.9 Å². The largest absolute Gasteiger partial charge is 0.465 e. The Morgan fingerprint density at radius 1 is 0.953 bits per heavy atom. The summed E-state index contributed by atoms with van der Waals surface area (Å²) in [5, 5.41) is 5.71. The minimum absolute atomic E-state index is 0.0386. The molecule has 0 saturated carbocycles. The highest BCUT2D eigenvalue weighted by atomic mass is 32.2. The quantitative estimate of drug-likeness (QED) is 0.175. The number of hydrogen-bond acceptors (Lipinski definition) is 7. The number of fused-ring (bicyclic) bond motifs is 1. The fourth-order valence-electron chi connectivity index (χ4n) is 4.93. The van der Waals surface area contributed by atoms with Crippen LogP contribution in [-0.2, 0) is 38.5 Å². The van der Waals surface area contributed by atoms with Crippen molar-refractivity contribution in [1.82, 2.24) is 4.90 Å². The number of rotatable bonds is 9. The van der Waals surface area contributed by atoms with Gasteiger partial charge < -0.3 is 20.3 Å². The molecule has 3 aromatic carbocycles. The highest BCUT2D eigenvalue weighted by Gasteiger charge is 2.32. The third kappa shape index (κ3) is 7.33. The van der Waals surface area contributed by atoms with Gasteiger partial charge in [-0.3, -0.25) is 14.4 Å².